The van der Waals surface area contributed by atoms with Gasteiger partial charge in [0, 0.05) is 31.9 Å². The van der Waals surface area contributed by atoms with Crippen LogP contribution < -0.4 is 20.4 Å². The van der Waals surface area contributed by atoms with Crippen LogP contribution in [0, 0.1) is 35.1 Å². The van der Waals surface area contributed by atoms with Gasteiger partial charge >= 0.3 is 12.2 Å². The molecule has 4 aromatic carbocycles. The summed E-state index contributed by atoms with van der Waals surface area (Å²) in [5.41, 5.74) is 5.36. The van der Waals surface area contributed by atoms with Gasteiger partial charge in [-0.2, -0.15) is 0 Å². The zero-order valence-corrected chi connectivity index (χ0v) is 43.2. The van der Waals surface area contributed by atoms with Crippen LogP contribution in [0.3, 0.4) is 0 Å². The van der Waals surface area contributed by atoms with Crippen LogP contribution in [0.1, 0.15) is 137 Å². The molecule has 2 aromatic heterocycles. The minimum Gasteiger partial charge on any atom is -0.465 e. The summed E-state index contributed by atoms with van der Waals surface area (Å²) >= 11 is 0. The summed E-state index contributed by atoms with van der Waals surface area (Å²) in [5.74, 6) is -3.22. The summed E-state index contributed by atoms with van der Waals surface area (Å²) < 4.78 is 66.3. The second-order valence-electron chi connectivity index (χ2n) is 21.4. The normalized spacial score (nSPS) is 21.1. The van der Waals surface area contributed by atoms with Crippen LogP contribution in [-0.4, -0.2) is 104 Å². The molecular weight excluding hydrogens is 985 g/mol. The van der Waals surface area contributed by atoms with E-state index in [1.54, 1.807) is 34.6 Å². The number of carbonyl (C=O) groups excluding carboxylic acids is 3. The molecule has 20 heteroatoms. The Kier molecular flexibility index (Phi) is 14.6. The number of carbonyl (C=O) groups is 4. The van der Waals surface area contributed by atoms with Crippen LogP contribution in [0.2, 0.25) is 0 Å². The number of imidazole rings is 2. The SMILES string of the molecule is COC(=O)N[C@H](C(=O)N1CCC[C@H]1c1nc2cc([C@H]3CC[C@H](c4ccc5[nH]c([C@@H]6CCCN6C(=O)[C@@H](NC(=O)O)C(C)C)nc5c4)N3c3cc(F)c(N4CCC(c5ccc(F)c(F)c5)CC4)c(F)c3)ccc2[nH]1)C(C)C. The molecule has 4 aliphatic heterocycles. The first-order valence-electron chi connectivity index (χ1n) is 26.4. The maximum Gasteiger partial charge on any atom is 0.407 e. The van der Waals surface area contributed by atoms with Gasteiger partial charge in [-0.3, -0.25) is 9.59 Å². The fourth-order valence-corrected chi connectivity index (χ4v) is 12.2. The molecular formula is C56H64F4N10O6. The third-order valence-corrected chi connectivity index (χ3v) is 16.0. The number of amides is 4. The first-order valence-corrected chi connectivity index (χ1v) is 26.4. The molecule has 10 rings (SSSR count). The van der Waals surface area contributed by atoms with Gasteiger partial charge in [0.2, 0.25) is 11.8 Å². The standard InChI is InChI=1S/C56H64F4N10O6/c1-29(2)48(65-55(73)74)53(71)68-20-6-8-46(68)51-61-40-14-11-33(25-42(40)63-51)44-16-17-45(70(44)35-27-38(59)50(39(60)28-35)67-22-18-31(19-23-67)32-10-13-36(57)37(58)24-32)34-12-15-41-43(26-34)64-52(62-41)47-9-7-21-69(47)54(72)49(30(3)4)66-56(75)76-5/h10-15,24-31,44-49,65H,6-9,16-23H2,1-5H3,(H,61,63)(H,62,64)(H,66,75)(H,73,74)/t44-,45-,46+,47+,48+,49+/m1/s1. The van der Waals surface area contributed by atoms with E-state index in [1.807, 2.05) is 50.2 Å². The highest BCUT2D eigenvalue weighted by atomic mass is 19.2. The van der Waals surface area contributed by atoms with Gasteiger partial charge in [-0.15, -0.1) is 0 Å². The Morgan fingerprint density at radius 2 is 1.11 bits per heavy atom. The van der Waals surface area contributed by atoms with Crippen molar-refractivity contribution in [3.8, 4) is 0 Å². The first-order chi connectivity index (χ1) is 36.5. The van der Waals surface area contributed by atoms with E-state index in [0.717, 1.165) is 41.1 Å². The third-order valence-electron chi connectivity index (χ3n) is 16.0. The van der Waals surface area contributed by atoms with E-state index in [4.69, 9.17) is 14.7 Å². The summed E-state index contributed by atoms with van der Waals surface area (Å²) in [4.78, 5) is 75.8. The van der Waals surface area contributed by atoms with E-state index in [9.17, 15) is 33.1 Å². The highest BCUT2D eigenvalue weighted by Gasteiger charge is 2.41. The third kappa shape index (κ3) is 10.1. The van der Waals surface area contributed by atoms with Crippen molar-refractivity contribution in [1.82, 2.24) is 40.4 Å². The van der Waals surface area contributed by atoms with E-state index in [-0.39, 0.29) is 53.4 Å². The van der Waals surface area contributed by atoms with E-state index < -0.39 is 53.6 Å². The van der Waals surface area contributed by atoms with Gasteiger partial charge in [0.15, 0.2) is 23.3 Å². The molecule has 0 aliphatic carbocycles. The van der Waals surface area contributed by atoms with Gasteiger partial charge in [0.1, 0.15) is 29.4 Å². The minimum atomic E-state index is -1.27. The number of ether oxygens (including phenoxy) is 1. The predicted octanol–water partition coefficient (Wildman–Crippen LogP) is 10.5. The lowest BCUT2D eigenvalue weighted by molar-refractivity contribution is -0.136. The largest absolute Gasteiger partial charge is 0.465 e. The van der Waals surface area contributed by atoms with Crippen LogP contribution in [0.25, 0.3) is 22.1 Å². The number of carboxylic acid groups (broad SMARTS) is 1. The maximum atomic E-state index is 16.8. The first kappa shape index (κ1) is 52.1. The van der Waals surface area contributed by atoms with Crippen molar-refractivity contribution in [3.63, 3.8) is 0 Å². The van der Waals surface area contributed by atoms with Crippen LogP contribution in [-0.2, 0) is 14.3 Å². The zero-order valence-electron chi connectivity index (χ0n) is 43.2. The van der Waals surface area contributed by atoms with Crippen LogP contribution in [0.4, 0.5) is 38.5 Å². The second kappa shape index (κ2) is 21.3. The van der Waals surface area contributed by atoms with Crippen molar-refractivity contribution in [3.05, 3.63) is 118 Å². The Labute approximate surface area is 437 Å². The molecule has 0 bridgehead atoms. The summed E-state index contributed by atoms with van der Waals surface area (Å²) in [7, 11) is 1.26. The smallest absolute Gasteiger partial charge is 0.407 e. The average molecular weight is 1050 g/mol. The molecule has 16 nitrogen and oxygen atoms in total. The zero-order chi connectivity index (χ0) is 53.7. The number of alkyl carbamates (subject to hydrolysis) is 1. The molecule has 0 saturated carbocycles. The van der Waals surface area contributed by atoms with Crippen LogP contribution in [0.15, 0.2) is 66.7 Å². The summed E-state index contributed by atoms with van der Waals surface area (Å²) in [5, 5.41) is 14.6. The van der Waals surface area contributed by atoms with Gasteiger partial charge < -0.3 is 50.0 Å². The van der Waals surface area contributed by atoms with Gasteiger partial charge in [-0.25, -0.2) is 37.1 Å². The fourth-order valence-electron chi connectivity index (χ4n) is 12.2. The van der Waals surface area contributed by atoms with Crippen molar-refractivity contribution in [2.24, 2.45) is 11.8 Å². The maximum absolute atomic E-state index is 16.8. The molecule has 0 radical (unpaired) electrons. The number of nitrogens with zero attached hydrogens (tertiary/aromatic N) is 6. The number of rotatable bonds is 13. The number of halogens is 4. The molecule has 6 atom stereocenters. The van der Waals surface area contributed by atoms with E-state index in [1.165, 1.54) is 25.3 Å². The quantitative estimate of drug-likeness (QED) is 0.0696. The van der Waals surface area contributed by atoms with Crippen molar-refractivity contribution < 1.29 is 46.6 Å². The number of nitrogens with one attached hydrogen (secondary N) is 4. The van der Waals surface area contributed by atoms with Gasteiger partial charge in [0.05, 0.1) is 53.3 Å². The monoisotopic (exact) mass is 1050 g/mol. The van der Waals surface area contributed by atoms with Gasteiger partial charge in [0.25, 0.3) is 0 Å². The molecule has 6 aromatic rings. The Morgan fingerprint density at radius 3 is 1.58 bits per heavy atom. The van der Waals surface area contributed by atoms with Crippen LogP contribution in [0.5, 0.6) is 0 Å². The molecule has 4 aliphatic rings. The number of methoxy groups -OCH3 is 1. The van der Waals surface area contributed by atoms with Crippen molar-refractivity contribution in [2.45, 2.75) is 121 Å². The van der Waals surface area contributed by atoms with Crippen LogP contribution >= 0.6 is 0 Å². The number of aromatic nitrogens is 4. The topological polar surface area (TPSA) is 192 Å². The molecule has 5 N–H and O–H groups in total. The van der Waals surface area contributed by atoms with E-state index in [2.05, 4.69) is 25.5 Å². The number of hydrogen-bond donors (Lipinski definition) is 5. The number of aromatic amines is 2. The highest BCUT2D eigenvalue weighted by Crippen LogP contribution is 2.49. The van der Waals surface area contributed by atoms with Crippen molar-refractivity contribution in [1.29, 1.82) is 0 Å². The molecule has 6 heterocycles. The Morgan fingerprint density at radius 1 is 0.605 bits per heavy atom. The Balaban J connectivity index is 0.966. The number of H-pyrrole nitrogens is 2. The molecule has 402 valence electrons. The number of likely N-dealkylation sites (tertiary alicyclic amines) is 2. The summed E-state index contributed by atoms with van der Waals surface area (Å²) in [6.07, 6.45) is 3.01. The van der Waals surface area contributed by atoms with E-state index in [0.29, 0.717) is 98.6 Å². The Bertz CT molecular complexity index is 3150. The molecule has 0 spiro atoms. The van der Waals surface area contributed by atoms with Gasteiger partial charge in [-0.05, 0) is 134 Å². The lowest BCUT2D eigenvalue weighted by Gasteiger charge is -2.36. The lowest BCUT2D eigenvalue weighted by Crippen LogP contribution is -2.51. The van der Waals surface area contributed by atoms with Crippen molar-refractivity contribution >= 4 is 57.4 Å². The van der Waals surface area contributed by atoms with Crippen molar-refractivity contribution in [2.75, 3.05) is 43.1 Å². The molecule has 4 amide bonds. The van der Waals surface area contributed by atoms with E-state index >= 15 is 8.78 Å². The fraction of sp³-hybridized carbons (Fsp3) is 0.464. The number of benzene rings is 4. The number of piperidine rings is 1. The van der Waals surface area contributed by atoms with Gasteiger partial charge in [-0.1, -0.05) is 45.9 Å². The molecule has 4 fully saturated rings. The second-order valence-corrected chi connectivity index (χ2v) is 21.4. The number of fused-ring (bicyclic) bond motifs is 2. The number of anilines is 2. The number of hydrogen-bond acceptors (Lipinski definition) is 9. The molecule has 4 saturated heterocycles. The predicted molar refractivity (Wildman–Crippen MR) is 278 cm³/mol. The average Bonchev–Trinajstić information content (AvgIpc) is 4.27. The Hall–Kier alpha value is -7.38. The molecule has 0 unspecified atom stereocenters. The summed E-state index contributed by atoms with van der Waals surface area (Å²) in [6.45, 7) is 8.88. The highest BCUT2D eigenvalue weighted by molar-refractivity contribution is 5.87. The lowest BCUT2D eigenvalue weighted by atomic mass is 9.89. The molecule has 76 heavy (non-hydrogen) atoms. The summed E-state index contributed by atoms with van der Waals surface area (Å²) in [6, 6.07) is 15.2. The minimum absolute atomic E-state index is 0.0983.